The van der Waals surface area contributed by atoms with Gasteiger partial charge in [0.2, 0.25) is 0 Å². The van der Waals surface area contributed by atoms with Gasteiger partial charge in [-0.15, -0.1) is 0 Å². The predicted octanol–water partition coefficient (Wildman–Crippen LogP) is -0.0429. The van der Waals surface area contributed by atoms with Crippen molar-refractivity contribution in [1.82, 2.24) is 0 Å². The molecule has 0 aliphatic rings. The van der Waals surface area contributed by atoms with Crippen LogP contribution in [0.1, 0.15) is 0 Å². The van der Waals surface area contributed by atoms with Crippen molar-refractivity contribution in [2.45, 2.75) is 0 Å². The first-order chi connectivity index (χ1) is 3.73. The van der Waals surface area contributed by atoms with Crippen LogP contribution >= 0.6 is 0 Å². The van der Waals surface area contributed by atoms with Gasteiger partial charge in [-0.2, -0.15) is 0 Å². The first-order valence-electron chi connectivity index (χ1n) is 2.26. The van der Waals surface area contributed by atoms with Crippen molar-refractivity contribution in [3.8, 4) is 0 Å². The van der Waals surface area contributed by atoms with Gasteiger partial charge < -0.3 is 0 Å². The molecular formula is C5H14O2S2. The fourth-order valence-corrected chi connectivity index (χ4v) is 0. The third-order valence-electron chi connectivity index (χ3n) is 0. The van der Waals surface area contributed by atoms with E-state index in [4.69, 9.17) is 0 Å². The lowest BCUT2D eigenvalue weighted by Gasteiger charge is -1.78. The summed E-state index contributed by atoms with van der Waals surface area (Å²) in [5, 5.41) is 0. The van der Waals surface area contributed by atoms with Crippen LogP contribution in [0, 0.1) is 0 Å². The second kappa shape index (κ2) is 4.99. The summed E-state index contributed by atoms with van der Waals surface area (Å²) in [6.45, 7) is 0. The van der Waals surface area contributed by atoms with Crippen LogP contribution in [0.2, 0.25) is 0 Å². The molecule has 0 heterocycles. The van der Waals surface area contributed by atoms with Crippen LogP contribution in [-0.4, -0.2) is 39.3 Å². The molecule has 0 aliphatic carbocycles. The third kappa shape index (κ3) is 10800. The quantitative estimate of drug-likeness (QED) is 0.478. The Labute approximate surface area is 60.1 Å². The van der Waals surface area contributed by atoms with Gasteiger partial charge in [0.25, 0.3) is 0 Å². The minimum absolute atomic E-state index is 0.611. The van der Waals surface area contributed by atoms with Crippen LogP contribution in [0.4, 0.5) is 0 Å². The van der Waals surface area contributed by atoms with Crippen LogP contribution in [0.15, 0.2) is 0 Å². The molecule has 58 valence electrons. The lowest BCUT2D eigenvalue weighted by molar-refractivity contribution is 0.688. The number of hydrogen-bond donors (Lipinski definition) is 0. The first-order valence-corrected chi connectivity index (χ1v) is 6.77. The molecule has 0 amide bonds. The van der Waals surface area contributed by atoms with Crippen LogP contribution in [-0.2, 0) is 20.3 Å². The molecule has 0 aliphatic heterocycles. The van der Waals surface area contributed by atoms with Gasteiger partial charge in [-0.25, -0.2) is 0 Å². The Balaban J connectivity index is 0. The number of rotatable bonds is 0. The minimum atomic E-state index is -1.67. The SMILES string of the molecule is C=S(C)(C)=O.CS(C)=O. The molecule has 2 nitrogen and oxygen atoms in total. The summed E-state index contributed by atoms with van der Waals surface area (Å²) in [6.07, 6.45) is 6.49. The van der Waals surface area contributed by atoms with Crippen LogP contribution in [0.25, 0.3) is 0 Å². The first kappa shape index (κ1) is 11.9. The molecular weight excluding hydrogens is 156 g/mol. The van der Waals surface area contributed by atoms with Crippen LogP contribution < -0.4 is 0 Å². The van der Waals surface area contributed by atoms with Gasteiger partial charge in [0, 0.05) is 35.8 Å². The van der Waals surface area contributed by atoms with E-state index in [1.54, 1.807) is 25.0 Å². The monoisotopic (exact) mass is 170 g/mol. The van der Waals surface area contributed by atoms with Crippen molar-refractivity contribution in [2.24, 2.45) is 0 Å². The van der Waals surface area contributed by atoms with Gasteiger partial charge in [0.05, 0.1) is 0 Å². The highest BCUT2D eigenvalue weighted by molar-refractivity contribution is 7.98. The molecule has 0 aromatic carbocycles. The highest BCUT2D eigenvalue weighted by Gasteiger charge is 1.69. The van der Waals surface area contributed by atoms with E-state index in [1.165, 1.54) is 0 Å². The number of hydrogen-bond acceptors (Lipinski definition) is 2. The van der Waals surface area contributed by atoms with Crippen LogP contribution in [0.5, 0.6) is 0 Å². The Morgan fingerprint density at radius 3 is 1.33 bits per heavy atom. The maximum absolute atomic E-state index is 10.1. The summed E-state index contributed by atoms with van der Waals surface area (Å²) in [5.41, 5.74) is 0. The summed E-state index contributed by atoms with van der Waals surface area (Å²) in [7, 11) is -2.28. The smallest absolute Gasteiger partial charge is 0.0148 e. The Morgan fingerprint density at radius 1 is 1.33 bits per heavy atom. The Kier molecular flexibility index (Phi) is 6.61. The maximum atomic E-state index is 10.1. The van der Waals surface area contributed by atoms with Crippen molar-refractivity contribution in [2.75, 3.05) is 25.0 Å². The molecule has 0 radical (unpaired) electrons. The minimum Gasteiger partial charge on any atom is -0.269 e. The molecule has 0 rings (SSSR count). The molecule has 0 saturated carbocycles. The lowest BCUT2D eigenvalue weighted by atomic mass is 11.9. The summed E-state index contributed by atoms with van der Waals surface area (Å²) in [6, 6.07) is 0. The molecule has 0 fully saturated rings. The van der Waals surface area contributed by atoms with E-state index >= 15 is 0 Å². The van der Waals surface area contributed by atoms with E-state index in [2.05, 4.69) is 5.87 Å². The summed E-state index contributed by atoms with van der Waals surface area (Å²) in [5.74, 6) is 3.30. The average Bonchev–Trinajstić information content (AvgIpc) is 1.19. The van der Waals surface area contributed by atoms with Crippen molar-refractivity contribution >= 4 is 26.2 Å². The van der Waals surface area contributed by atoms with E-state index in [0.717, 1.165) is 0 Å². The Bertz CT molecular complexity index is 155. The molecule has 0 aromatic heterocycles. The van der Waals surface area contributed by atoms with E-state index in [9.17, 15) is 8.42 Å². The van der Waals surface area contributed by atoms with Gasteiger partial charge in [0.15, 0.2) is 0 Å². The highest BCUT2D eigenvalue weighted by Crippen LogP contribution is 1.62. The third-order valence-corrected chi connectivity index (χ3v) is 0. The van der Waals surface area contributed by atoms with Crippen molar-refractivity contribution < 1.29 is 8.42 Å². The van der Waals surface area contributed by atoms with Crippen molar-refractivity contribution in [1.29, 1.82) is 0 Å². The standard InChI is InChI=1S/C3H8OS.C2H6OS/c1-5(2,3)4;1-4(2)3/h1H2,2-3H3;1-2H3. The molecule has 0 N–H and O–H groups in total. The average molecular weight is 170 g/mol. The summed E-state index contributed by atoms with van der Waals surface area (Å²) < 4.78 is 19.6. The fourth-order valence-electron chi connectivity index (χ4n) is 0. The summed E-state index contributed by atoms with van der Waals surface area (Å²) >= 11 is 0. The van der Waals surface area contributed by atoms with Crippen molar-refractivity contribution in [3.05, 3.63) is 0 Å². The fraction of sp³-hybridized carbons (Fsp3) is 0.800. The van der Waals surface area contributed by atoms with Gasteiger partial charge in [-0.05, 0) is 15.4 Å². The summed E-state index contributed by atoms with van der Waals surface area (Å²) in [4.78, 5) is 0. The molecule has 0 aromatic rings. The molecule has 0 saturated heterocycles. The van der Waals surface area contributed by atoms with Crippen LogP contribution in [0.3, 0.4) is 0 Å². The molecule has 4 heteroatoms. The second-order valence-electron chi connectivity index (χ2n) is 2.18. The van der Waals surface area contributed by atoms with E-state index in [-0.39, 0.29) is 0 Å². The van der Waals surface area contributed by atoms with Gasteiger partial charge in [0.1, 0.15) is 0 Å². The highest BCUT2D eigenvalue weighted by atomic mass is 32.2. The molecule has 0 unspecified atom stereocenters. The molecule has 0 bridgehead atoms. The second-order valence-corrected chi connectivity index (χ2v) is 6.54. The van der Waals surface area contributed by atoms with E-state index in [1.807, 2.05) is 0 Å². The zero-order chi connectivity index (χ0) is 8.08. The van der Waals surface area contributed by atoms with Crippen molar-refractivity contribution in [3.63, 3.8) is 0 Å². The maximum Gasteiger partial charge on any atom is 0.0148 e. The normalized spacial score (nSPS) is 10.3. The Morgan fingerprint density at radius 2 is 1.33 bits per heavy atom. The zero-order valence-electron chi connectivity index (χ0n) is 6.34. The largest absolute Gasteiger partial charge is 0.269 e. The van der Waals surface area contributed by atoms with E-state index in [0.29, 0.717) is 0 Å². The van der Waals surface area contributed by atoms with Gasteiger partial charge >= 0.3 is 0 Å². The molecule has 9 heavy (non-hydrogen) atoms. The topological polar surface area (TPSA) is 34.1 Å². The van der Waals surface area contributed by atoms with E-state index < -0.39 is 20.3 Å². The van der Waals surface area contributed by atoms with Gasteiger partial charge in [-0.3, -0.25) is 8.42 Å². The Hall–Kier alpha value is 0.170. The zero-order valence-corrected chi connectivity index (χ0v) is 7.97. The lowest BCUT2D eigenvalue weighted by Crippen LogP contribution is -1.86. The molecule has 0 spiro atoms. The van der Waals surface area contributed by atoms with Gasteiger partial charge in [-0.1, -0.05) is 0 Å². The predicted molar refractivity (Wildman–Crippen MR) is 47.1 cm³/mol. The molecule has 0 atom stereocenters.